The Bertz CT molecular complexity index is 1040. The summed E-state index contributed by atoms with van der Waals surface area (Å²) >= 11 is 0. The Morgan fingerprint density at radius 1 is 1.00 bits per heavy atom. The number of phenolic OH excluding ortho intramolecular Hbond substituents is 1. The molecule has 5 heteroatoms. The Morgan fingerprint density at radius 2 is 1.77 bits per heavy atom. The highest BCUT2D eigenvalue weighted by molar-refractivity contribution is 5.89. The molecule has 2 aromatic heterocycles. The van der Waals surface area contributed by atoms with Gasteiger partial charge in [0.25, 0.3) is 0 Å². The molecule has 2 heterocycles. The van der Waals surface area contributed by atoms with Crippen LogP contribution in [-0.4, -0.2) is 21.1 Å². The van der Waals surface area contributed by atoms with E-state index < -0.39 is 0 Å². The van der Waals surface area contributed by atoms with Crippen LogP contribution in [0.25, 0.3) is 17.1 Å². The van der Waals surface area contributed by atoms with Crippen LogP contribution < -0.4 is 0 Å². The topological polar surface area (TPSA) is 63.5 Å². The first kappa shape index (κ1) is 15.9. The number of hydrogen-bond donors (Lipinski definition) is 1. The summed E-state index contributed by atoms with van der Waals surface area (Å²) in [6.07, 6.45) is 3.68. The van der Waals surface area contributed by atoms with Crippen LogP contribution in [-0.2, 0) is 0 Å². The van der Waals surface area contributed by atoms with E-state index in [2.05, 4.69) is 10.1 Å². The van der Waals surface area contributed by atoms with Crippen LogP contribution in [0.1, 0.15) is 11.3 Å². The molecule has 0 atom stereocenters. The van der Waals surface area contributed by atoms with Crippen LogP contribution in [0.3, 0.4) is 0 Å². The molecule has 0 spiro atoms. The minimum absolute atomic E-state index is 0.215. The highest BCUT2D eigenvalue weighted by atomic mass is 16.3. The highest BCUT2D eigenvalue weighted by Crippen LogP contribution is 2.25. The number of hydrogen-bond acceptors (Lipinski definition) is 4. The summed E-state index contributed by atoms with van der Waals surface area (Å²) in [5, 5.41) is 14.1. The second-order valence-corrected chi connectivity index (χ2v) is 5.90. The zero-order valence-electron chi connectivity index (χ0n) is 14.2. The molecule has 0 bridgehead atoms. The predicted octanol–water partition coefficient (Wildman–Crippen LogP) is 4.90. The number of aryl methyl sites for hydroxylation is 1. The van der Waals surface area contributed by atoms with Gasteiger partial charge in [-0.1, -0.05) is 18.2 Å². The third-order valence-corrected chi connectivity index (χ3v) is 3.94. The molecule has 0 radical (unpaired) electrons. The van der Waals surface area contributed by atoms with E-state index in [0.29, 0.717) is 5.76 Å². The average molecular weight is 343 g/mol. The van der Waals surface area contributed by atoms with Gasteiger partial charge in [-0.3, -0.25) is 4.99 Å². The third kappa shape index (κ3) is 3.28. The normalized spacial score (nSPS) is 11.3. The Morgan fingerprint density at radius 3 is 2.46 bits per heavy atom. The molecule has 26 heavy (non-hydrogen) atoms. The standard InChI is InChI=1S/C21H17N3O2/c1-15-7-12-20(26-15)21-16(13-22-17-8-10-19(25)11-9-17)14-24(23-21)18-5-3-2-4-6-18/h2-14,25H,1H3. The second-order valence-electron chi connectivity index (χ2n) is 5.90. The largest absolute Gasteiger partial charge is 0.508 e. The van der Waals surface area contributed by atoms with Gasteiger partial charge in [0, 0.05) is 18.0 Å². The molecule has 1 N–H and O–H groups in total. The minimum Gasteiger partial charge on any atom is -0.508 e. The first-order valence-corrected chi connectivity index (χ1v) is 8.24. The summed E-state index contributed by atoms with van der Waals surface area (Å²) in [6.45, 7) is 1.90. The maximum Gasteiger partial charge on any atom is 0.155 e. The molecular weight excluding hydrogens is 326 g/mol. The van der Waals surface area contributed by atoms with Gasteiger partial charge in [0.15, 0.2) is 5.76 Å². The van der Waals surface area contributed by atoms with Crippen molar-refractivity contribution < 1.29 is 9.52 Å². The fourth-order valence-electron chi connectivity index (χ4n) is 2.63. The number of nitrogens with zero attached hydrogens (tertiary/aromatic N) is 3. The van der Waals surface area contributed by atoms with Crippen molar-refractivity contribution in [2.24, 2.45) is 4.99 Å². The smallest absolute Gasteiger partial charge is 0.155 e. The predicted molar refractivity (Wildman–Crippen MR) is 101 cm³/mol. The van der Waals surface area contributed by atoms with Crippen molar-refractivity contribution in [3.8, 4) is 22.9 Å². The molecule has 0 unspecified atom stereocenters. The number of benzene rings is 2. The van der Waals surface area contributed by atoms with Crippen molar-refractivity contribution in [3.63, 3.8) is 0 Å². The Labute approximate surface area is 150 Å². The molecule has 128 valence electrons. The van der Waals surface area contributed by atoms with Gasteiger partial charge < -0.3 is 9.52 Å². The van der Waals surface area contributed by atoms with Gasteiger partial charge >= 0.3 is 0 Å². The molecule has 0 aliphatic heterocycles. The molecule has 0 aliphatic rings. The molecular formula is C21H17N3O2. The second kappa shape index (κ2) is 6.72. The van der Waals surface area contributed by atoms with Gasteiger partial charge in [-0.2, -0.15) is 5.10 Å². The molecule has 0 saturated heterocycles. The van der Waals surface area contributed by atoms with Crippen LogP contribution in [0.5, 0.6) is 5.75 Å². The van der Waals surface area contributed by atoms with Gasteiger partial charge in [0.05, 0.1) is 11.4 Å². The number of aromatic hydroxyl groups is 1. The van der Waals surface area contributed by atoms with E-state index in [1.165, 1.54) is 0 Å². The van der Waals surface area contributed by atoms with Crippen molar-refractivity contribution in [2.75, 3.05) is 0 Å². The number of aliphatic imine (C=N–C) groups is 1. The fourth-order valence-corrected chi connectivity index (χ4v) is 2.63. The number of para-hydroxylation sites is 1. The Kier molecular flexibility index (Phi) is 4.11. The number of phenols is 1. The fraction of sp³-hybridized carbons (Fsp3) is 0.0476. The number of furan rings is 1. The summed E-state index contributed by atoms with van der Waals surface area (Å²) in [5.74, 6) is 1.74. The summed E-state index contributed by atoms with van der Waals surface area (Å²) in [4.78, 5) is 4.49. The molecule has 2 aromatic carbocycles. The Balaban J connectivity index is 1.76. The molecule has 0 amide bonds. The quantitative estimate of drug-likeness (QED) is 0.536. The van der Waals surface area contributed by atoms with E-state index in [0.717, 1.165) is 28.4 Å². The first-order valence-electron chi connectivity index (χ1n) is 8.24. The molecule has 5 nitrogen and oxygen atoms in total. The van der Waals surface area contributed by atoms with Gasteiger partial charge in [0.1, 0.15) is 17.2 Å². The van der Waals surface area contributed by atoms with Crippen molar-refractivity contribution in [1.82, 2.24) is 9.78 Å². The maximum atomic E-state index is 9.39. The zero-order valence-corrected chi connectivity index (χ0v) is 14.2. The number of aromatic nitrogens is 2. The SMILES string of the molecule is Cc1ccc(-c2nn(-c3ccccc3)cc2C=Nc2ccc(O)cc2)o1. The van der Waals surface area contributed by atoms with E-state index in [1.807, 2.05) is 60.3 Å². The lowest BCUT2D eigenvalue weighted by atomic mass is 10.2. The molecule has 4 aromatic rings. The lowest BCUT2D eigenvalue weighted by molar-refractivity contribution is 0.475. The molecule has 0 fully saturated rings. The monoisotopic (exact) mass is 343 g/mol. The zero-order chi connectivity index (χ0) is 17.9. The average Bonchev–Trinajstić information content (AvgIpc) is 3.28. The molecule has 0 aliphatic carbocycles. The van der Waals surface area contributed by atoms with Gasteiger partial charge in [-0.25, -0.2) is 4.68 Å². The first-order chi connectivity index (χ1) is 12.7. The van der Waals surface area contributed by atoms with Crippen LogP contribution in [0, 0.1) is 6.92 Å². The van der Waals surface area contributed by atoms with Crippen molar-refractivity contribution >= 4 is 11.9 Å². The van der Waals surface area contributed by atoms with Crippen LogP contribution in [0.15, 0.2) is 82.3 Å². The number of rotatable bonds is 4. The lowest BCUT2D eigenvalue weighted by Gasteiger charge is -1.98. The summed E-state index contributed by atoms with van der Waals surface area (Å²) < 4.78 is 7.57. The van der Waals surface area contributed by atoms with E-state index in [-0.39, 0.29) is 5.75 Å². The van der Waals surface area contributed by atoms with Crippen LogP contribution in [0.2, 0.25) is 0 Å². The third-order valence-electron chi connectivity index (χ3n) is 3.94. The lowest BCUT2D eigenvalue weighted by Crippen LogP contribution is -1.93. The van der Waals surface area contributed by atoms with Crippen molar-refractivity contribution in [2.45, 2.75) is 6.92 Å². The highest BCUT2D eigenvalue weighted by Gasteiger charge is 2.14. The van der Waals surface area contributed by atoms with E-state index in [1.54, 1.807) is 30.5 Å². The van der Waals surface area contributed by atoms with Crippen LogP contribution >= 0.6 is 0 Å². The summed E-state index contributed by atoms with van der Waals surface area (Å²) in [6, 6.07) is 20.4. The molecule has 0 saturated carbocycles. The molecule has 4 rings (SSSR count). The van der Waals surface area contributed by atoms with E-state index in [4.69, 9.17) is 4.42 Å². The van der Waals surface area contributed by atoms with E-state index in [9.17, 15) is 5.11 Å². The minimum atomic E-state index is 0.215. The van der Waals surface area contributed by atoms with Crippen molar-refractivity contribution in [3.05, 3.63) is 84.3 Å². The van der Waals surface area contributed by atoms with Gasteiger partial charge in [0.2, 0.25) is 0 Å². The summed E-state index contributed by atoms with van der Waals surface area (Å²) in [5.41, 5.74) is 3.28. The van der Waals surface area contributed by atoms with Gasteiger partial charge in [-0.05, 0) is 55.5 Å². The van der Waals surface area contributed by atoms with E-state index >= 15 is 0 Å². The maximum absolute atomic E-state index is 9.39. The summed E-state index contributed by atoms with van der Waals surface area (Å²) in [7, 11) is 0. The van der Waals surface area contributed by atoms with Gasteiger partial charge in [-0.15, -0.1) is 0 Å². The Hall–Kier alpha value is -3.60. The van der Waals surface area contributed by atoms with Crippen LogP contribution in [0.4, 0.5) is 5.69 Å². The van der Waals surface area contributed by atoms with Crippen molar-refractivity contribution in [1.29, 1.82) is 0 Å².